The fourth-order valence-corrected chi connectivity index (χ4v) is 4.55. The molecule has 0 unspecified atom stereocenters. The first-order valence-corrected chi connectivity index (χ1v) is 10.6. The molecule has 1 aromatic rings. The molecule has 152 valence electrons. The lowest BCUT2D eigenvalue weighted by atomic mass is 10.0. The number of aromatic nitrogens is 1. The van der Waals surface area contributed by atoms with E-state index in [0.29, 0.717) is 5.76 Å². The van der Waals surface area contributed by atoms with Crippen molar-refractivity contribution in [2.75, 3.05) is 27.1 Å². The van der Waals surface area contributed by atoms with Crippen LogP contribution < -0.4 is 0 Å². The number of hydrogen-bond donors (Lipinski definition) is 0. The average Bonchev–Trinajstić information content (AvgIpc) is 3.35. The number of thiazole rings is 1. The van der Waals surface area contributed by atoms with E-state index in [0.717, 1.165) is 27.1 Å². The van der Waals surface area contributed by atoms with Crippen LogP contribution in [0.25, 0.3) is 6.08 Å². The molecular formula is C20H26N2O4S2. The van der Waals surface area contributed by atoms with Crippen LogP contribution in [-0.4, -0.2) is 49.2 Å². The van der Waals surface area contributed by atoms with Crippen LogP contribution in [0.4, 0.5) is 0 Å². The first-order valence-electron chi connectivity index (χ1n) is 8.76. The van der Waals surface area contributed by atoms with Gasteiger partial charge in [0.1, 0.15) is 16.8 Å². The van der Waals surface area contributed by atoms with Crippen molar-refractivity contribution in [2.24, 2.45) is 10.9 Å². The van der Waals surface area contributed by atoms with Crippen molar-refractivity contribution in [3.63, 3.8) is 0 Å². The minimum Gasteiger partial charge on any atom is -0.500 e. The Morgan fingerprint density at radius 1 is 1.36 bits per heavy atom. The molecule has 0 fully saturated rings. The Morgan fingerprint density at radius 2 is 2.11 bits per heavy atom. The third kappa shape index (κ3) is 5.80. The largest absolute Gasteiger partial charge is 0.500 e. The van der Waals surface area contributed by atoms with Gasteiger partial charge in [-0.25, -0.2) is 9.78 Å². The molecular weight excluding hydrogens is 396 g/mol. The lowest BCUT2D eigenvalue weighted by molar-refractivity contribution is -0.135. The van der Waals surface area contributed by atoms with Crippen molar-refractivity contribution in [3.8, 4) is 0 Å². The number of hydrogen-bond acceptors (Lipinski definition) is 8. The molecule has 1 aliphatic rings. The van der Waals surface area contributed by atoms with E-state index in [1.807, 2.05) is 31.4 Å². The van der Waals surface area contributed by atoms with Crippen molar-refractivity contribution in [2.45, 2.75) is 26.0 Å². The zero-order chi connectivity index (χ0) is 20.7. The molecule has 28 heavy (non-hydrogen) atoms. The fourth-order valence-electron chi connectivity index (χ4n) is 2.62. The van der Waals surface area contributed by atoms with Gasteiger partial charge in [0.2, 0.25) is 0 Å². The Hall–Kier alpha value is -1.90. The van der Waals surface area contributed by atoms with Gasteiger partial charge in [-0.2, -0.15) is 0 Å². The highest BCUT2D eigenvalue weighted by Gasteiger charge is 2.23. The Bertz CT molecular complexity index is 798. The van der Waals surface area contributed by atoms with Gasteiger partial charge >= 0.3 is 5.97 Å². The zero-order valence-corrected chi connectivity index (χ0v) is 18.4. The Morgan fingerprint density at radius 3 is 2.68 bits per heavy atom. The second-order valence-corrected chi connectivity index (χ2v) is 8.17. The van der Waals surface area contributed by atoms with Gasteiger partial charge in [-0.05, 0) is 18.6 Å². The van der Waals surface area contributed by atoms with E-state index in [9.17, 15) is 4.79 Å². The first kappa shape index (κ1) is 22.4. The average molecular weight is 423 g/mol. The molecule has 0 bridgehead atoms. The predicted molar refractivity (Wildman–Crippen MR) is 116 cm³/mol. The Labute approximate surface area is 174 Å². The number of nitrogens with zero attached hydrogens (tertiary/aromatic N) is 2. The van der Waals surface area contributed by atoms with Gasteiger partial charge in [-0.3, -0.25) is 4.99 Å². The molecule has 0 saturated heterocycles. The van der Waals surface area contributed by atoms with Gasteiger partial charge in [0.15, 0.2) is 0 Å². The van der Waals surface area contributed by atoms with Crippen LogP contribution in [0.15, 0.2) is 40.4 Å². The number of methoxy groups -OCH3 is 3. The van der Waals surface area contributed by atoms with E-state index < -0.39 is 5.97 Å². The van der Waals surface area contributed by atoms with Crippen molar-refractivity contribution in [3.05, 3.63) is 46.1 Å². The summed E-state index contributed by atoms with van der Waals surface area (Å²) < 4.78 is 15.6. The highest BCUT2D eigenvalue weighted by atomic mass is 32.2. The summed E-state index contributed by atoms with van der Waals surface area (Å²) in [5.74, 6) is 0.756. The lowest BCUT2D eigenvalue weighted by Crippen LogP contribution is -2.21. The van der Waals surface area contributed by atoms with Crippen molar-refractivity contribution in [1.82, 2.24) is 4.98 Å². The van der Waals surface area contributed by atoms with Crippen molar-refractivity contribution >= 4 is 40.2 Å². The minimum atomic E-state index is -0.462. The molecule has 0 aromatic carbocycles. The van der Waals surface area contributed by atoms with Crippen LogP contribution >= 0.6 is 23.1 Å². The summed E-state index contributed by atoms with van der Waals surface area (Å²) in [6.07, 6.45) is 4.89. The van der Waals surface area contributed by atoms with E-state index in [1.165, 1.54) is 20.3 Å². The van der Waals surface area contributed by atoms with Crippen LogP contribution in [0.5, 0.6) is 0 Å². The van der Waals surface area contributed by atoms with Crippen LogP contribution in [-0.2, 0) is 19.0 Å². The number of carbonyl (C=O) groups excluding carboxylic acids is 1. The summed E-state index contributed by atoms with van der Waals surface area (Å²) in [7, 11) is 4.47. The Balaban J connectivity index is 2.09. The first-order chi connectivity index (χ1) is 13.4. The highest BCUT2D eigenvalue weighted by molar-refractivity contribution is 8.14. The molecule has 8 heteroatoms. The molecule has 2 rings (SSSR count). The second-order valence-electron chi connectivity index (χ2n) is 6.27. The lowest BCUT2D eigenvalue weighted by Gasteiger charge is -2.21. The molecule has 0 saturated carbocycles. The summed E-state index contributed by atoms with van der Waals surface area (Å²) in [6, 6.07) is 0.0871. The van der Waals surface area contributed by atoms with Crippen LogP contribution in [0.3, 0.4) is 0 Å². The summed E-state index contributed by atoms with van der Waals surface area (Å²) >= 11 is 3.32. The van der Waals surface area contributed by atoms with Gasteiger partial charge in [0.05, 0.1) is 37.1 Å². The number of carbonyl (C=O) groups is 1. The smallest absolute Gasteiger partial charge is 0.333 e. The molecule has 0 N–H and O–H groups in total. The molecule has 1 aromatic heterocycles. The topological polar surface area (TPSA) is 70.0 Å². The predicted octanol–water partition coefficient (Wildman–Crippen LogP) is 4.27. The van der Waals surface area contributed by atoms with Crippen molar-refractivity contribution < 1.29 is 19.0 Å². The molecule has 0 radical (unpaired) electrons. The highest BCUT2D eigenvalue weighted by Crippen LogP contribution is 2.34. The zero-order valence-electron chi connectivity index (χ0n) is 16.8. The van der Waals surface area contributed by atoms with E-state index in [4.69, 9.17) is 14.5 Å². The summed E-state index contributed by atoms with van der Waals surface area (Å²) in [6.45, 7) is 7.85. The monoisotopic (exact) mass is 422 g/mol. The summed E-state index contributed by atoms with van der Waals surface area (Å²) in [4.78, 5) is 20.9. The SMILES string of the molecule is C=C(C)C1=N[C@H](c2nc(/C=C/[C@@H](OC)[C@@H](C)/C(=C\C(=O)OC)OC)cs2)CS1. The summed E-state index contributed by atoms with van der Waals surface area (Å²) in [5, 5.41) is 4.01. The Kier molecular flexibility index (Phi) is 8.47. The number of aliphatic imine (C=N–C) groups is 1. The molecule has 6 nitrogen and oxygen atoms in total. The number of ether oxygens (including phenoxy) is 3. The molecule has 2 heterocycles. The molecule has 0 spiro atoms. The fraction of sp³-hybridized carbons (Fsp3) is 0.450. The number of thioether (sulfide) groups is 1. The van der Waals surface area contributed by atoms with E-state index in [-0.39, 0.29) is 18.1 Å². The van der Waals surface area contributed by atoms with Gasteiger partial charge in [-0.1, -0.05) is 19.6 Å². The quantitative estimate of drug-likeness (QED) is 0.336. The van der Waals surface area contributed by atoms with Gasteiger partial charge in [0.25, 0.3) is 0 Å². The number of rotatable bonds is 9. The van der Waals surface area contributed by atoms with E-state index >= 15 is 0 Å². The third-order valence-electron chi connectivity index (χ3n) is 4.21. The molecule has 0 amide bonds. The second kappa shape index (κ2) is 10.6. The molecule has 3 atom stereocenters. The van der Waals surface area contributed by atoms with Gasteiger partial charge in [-0.15, -0.1) is 23.1 Å². The maximum atomic E-state index is 11.5. The third-order valence-corrected chi connectivity index (χ3v) is 6.38. The summed E-state index contributed by atoms with van der Waals surface area (Å²) in [5.41, 5.74) is 1.85. The van der Waals surface area contributed by atoms with Gasteiger partial charge in [0, 0.05) is 24.2 Å². The van der Waals surface area contributed by atoms with Crippen LogP contribution in [0.1, 0.15) is 30.6 Å². The maximum Gasteiger partial charge on any atom is 0.333 e. The molecule has 0 aliphatic carbocycles. The van der Waals surface area contributed by atoms with Gasteiger partial charge < -0.3 is 14.2 Å². The normalized spacial score (nSPS) is 19.4. The van der Waals surface area contributed by atoms with Crippen LogP contribution in [0.2, 0.25) is 0 Å². The van der Waals surface area contributed by atoms with E-state index in [1.54, 1.807) is 30.2 Å². The van der Waals surface area contributed by atoms with E-state index in [2.05, 4.69) is 16.3 Å². The maximum absolute atomic E-state index is 11.5. The minimum absolute atomic E-state index is 0.0871. The van der Waals surface area contributed by atoms with Crippen molar-refractivity contribution in [1.29, 1.82) is 0 Å². The standard InChI is InChI=1S/C20H26N2O4S2/c1-12(2)19-22-15(11-28-19)20-21-14(10-27-20)7-8-16(24-4)13(3)17(25-5)9-18(23)26-6/h7-10,13,15-16H,1,11H2,2-6H3/b8-7+,17-9+/t13-,15+,16-/m1/s1. The molecule has 1 aliphatic heterocycles. The number of esters is 1. The van der Waals surface area contributed by atoms with Crippen LogP contribution in [0, 0.1) is 5.92 Å².